The maximum absolute atomic E-state index is 11.9. The van der Waals surface area contributed by atoms with Crippen molar-refractivity contribution in [2.24, 2.45) is 0 Å². The van der Waals surface area contributed by atoms with Crippen LogP contribution in [0.5, 0.6) is 0 Å². The molecule has 1 N–H and O–H groups in total. The number of carbonyl (C=O) groups excluding carboxylic acids is 1. The molecule has 1 aliphatic rings. The van der Waals surface area contributed by atoms with E-state index in [4.69, 9.17) is 16.3 Å². The van der Waals surface area contributed by atoms with Crippen molar-refractivity contribution in [3.05, 3.63) is 0 Å². The molecule has 0 aromatic rings. The molecule has 88 valence electrons. The summed E-state index contributed by atoms with van der Waals surface area (Å²) in [5.41, 5.74) is -0.602. The minimum atomic E-state index is -0.602. The molecule has 0 aliphatic carbocycles. The van der Waals surface area contributed by atoms with Crippen LogP contribution in [0.4, 0.5) is 0 Å². The maximum Gasteiger partial charge on any atom is 0.252 e. The number of alkyl halides is 1. The Balaban J connectivity index is 2.34. The highest BCUT2D eigenvalue weighted by molar-refractivity contribution is 6.17. The van der Waals surface area contributed by atoms with Crippen molar-refractivity contribution in [2.45, 2.75) is 51.2 Å². The van der Waals surface area contributed by atoms with Gasteiger partial charge in [0.05, 0.1) is 0 Å². The van der Waals surface area contributed by atoms with E-state index in [0.717, 1.165) is 25.7 Å². The van der Waals surface area contributed by atoms with Crippen molar-refractivity contribution in [2.75, 3.05) is 12.5 Å². The predicted octanol–water partition coefficient (Wildman–Crippen LogP) is 2.08. The van der Waals surface area contributed by atoms with Gasteiger partial charge in [0.25, 0.3) is 5.91 Å². The van der Waals surface area contributed by atoms with Gasteiger partial charge in [-0.1, -0.05) is 0 Å². The SMILES string of the molecule is CC(CCCCl)NC(=O)C1(C)CCCO1. The molecule has 0 radical (unpaired) electrons. The summed E-state index contributed by atoms with van der Waals surface area (Å²) in [6, 6.07) is 0.178. The lowest BCUT2D eigenvalue weighted by molar-refractivity contribution is -0.140. The second-order valence-electron chi connectivity index (χ2n) is 4.39. The lowest BCUT2D eigenvalue weighted by Crippen LogP contribution is -2.47. The molecule has 0 aromatic heterocycles. The van der Waals surface area contributed by atoms with E-state index in [2.05, 4.69) is 5.32 Å². The quantitative estimate of drug-likeness (QED) is 0.739. The Labute approximate surface area is 96.5 Å². The van der Waals surface area contributed by atoms with Crippen LogP contribution in [0.2, 0.25) is 0 Å². The lowest BCUT2D eigenvalue weighted by Gasteiger charge is -2.24. The van der Waals surface area contributed by atoms with Gasteiger partial charge in [0.15, 0.2) is 0 Å². The molecule has 3 nitrogen and oxygen atoms in total. The van der Waals surface area contributed by atoms with Crippen LogP contribution in [-0.2, 0) is 9.53 Å². The van der Waals surface area contributed by atoms with Gasteiger partial charge in [-0.15, -0.1) is 11.6 Å². The number of amides is 1. The second kappa shape index (κ2) is 5.71. The van der Waals surface area contributed by atoms with Crippen molar-refractivity contribution in [1.29, 1.82) is 0 Å². The summed E-state index contributed by atoms with van der Waals surface area (Å²) in [7, 11) is 0. The van der Waals surface area contributed by atoms with Gasteiger partial charge in [-0.05, 0) is 39.5 Å². The first kappa shape index (κ1) is 12.8. The Bertz CT molecular complexity index is 215. The molecule has 1 heterocycles. The fourth-order valence-electron chi connectivity index (χ4n) is 1.79. The third kappa shape index (κ3) is 3.65. The largest absolute Gasteiger partial charge is 0.365 e. The Hall–Kier alpha value is -0.280. The Morgan fingerprint density at radius 3 is 2.93 bits per heavy atom. The Morgan fingerprint density at radius 2 is 2.40 bits per heavy atom. The minimum absolute atomic E-state index is 0.0158. The van der Waals surface area contributed by atoms with Gasteiger partial charge in [0.1, 0.15) is 5.60 Å². The summed E-state index contributed by atoms with van der Waals surface area (Å²) >= 11 is 5.60. The fraction of sp³-hybridized carbons (Fsp3) is 0.909. The predicted molar refractivity (Wildman–Crippen MR) is 61.1 cm³/mol. The first-order valence-electron chi connectivity index (χ1n) is 5.59. The summed E-state index contributed by atoms with van der Waals surface area (Å²) in [6.07, 6.45) is 3.65. The third-order valence-corrected chi connectivity index (χ3v) is 3.11. The molecule has 2 unspecified atom stereocenters. The van der Waals surface area contributed by atoms with Crippen molar-refractivity contribution in [3.63, 3.8) is 0 Å². The van der Waals surface area contributed by atoms with Crippen molar-refractivity contribution >= 4 is 17.5 Å². The zero-order valence-corrected chi connectivity index (χ0v) is 10.3. The monoisotopic (exact) mass is 233 g/mol. The van der Waals surface area contributed by atoms with Gasteiger partial charge in [0, 0.05) is 18.5 Å². The van der Waals surface area contributed by atoms with E-state index in [1.165, 1.54) is 0 Å². The van der Waals surface area contributed by atoms with Gasteiger partial charge >= 0.3 is 0 Å². The van der Waals surface area contributed by atoms with E-state index in [1.807, 2.05) is 13.8 Å². The first-order valence-corrected chi connectivity index (χ1v) is 6.13. The smallest absolute Gasteiger partial charge is 0.252 e. The topological polar surface area (TPSA) is 38.3 Å². The molecule has 15 heavy (non-hydrogen) atoms. The maximum atomic E-state index is 11.9. The molecule has 1 fully saturated rings. The normalized spacial score (nSPS) is 27.7. The Kier molecular flexibility index (Phi) is 4.87. The van der Waals surface area contributed by atoms with Gasteiger partial charge in [0.2, 0.25) is 0 Å². The van der Waals surface area contributed by atoms with Gasteiger partial charge in [-0.2, -0.15) is 0 Å². The van der Waals surface area contributed by atoms with Gasteiger partial charge in [-0.25, -0.2) is 0 Å². The summed E-state index contributed by atoms with van der Waals surface area (Å²) in [5.74, 6) is 0.663. The molecule has 1 saturated heterocycles. The van der Waals surface area contributed by atoms with Gasteiger partial charge < -0.3 is 10.1 Å². The van der Waals surface area contributed by atoms with Crippen LogP contribution in [0.15, 0.2) is 0 Å². The highest BCUT2D eigenvalue weighted by Crippen LogP contribution is 2.25. The summed E-state index contributed by atoms with van der Waals surface area (Å²) in [4.78, 5) is 11.9. The van der Waals surface area contributed by atoms with Crippen LogP contribution in [0, 0.1) is 0 Å². The Morgan fingerprint density at radius 1 is 1.67 bits per heavy atom. The molecule has 0 bridgehead atoms. The van der Waals surface area contributed by atoms with Crippen molar-refractivity contribution in [1.82, 2.24) is 5.32 Å². The summed E-state index contributed by atoms with van der Waals surface area (Å²) in [6.45, 7) is 4.56. The molecule has 0 saturated carbocycles. The van der Waals surface area contributed by atoms with Crippen molar-refractivity contribution < 1.29 is 9.53 Å². The molecule has 0 aromatic carbocycles. The second-order valence-corrected chi connectivity index (χ2v) is 4.77. The summed E-state index contributed by atoms with van der Waals surface area (Å²) < 4.78 is 5.47. The molecular weight excluding hydrogens is 214 g/mol. The minimum Gasteiger partial charge on any atom is -0.365 e. The highest BCUT2D eigenvalue weighted by Gasteiger charge is 2.37. The van der Waals surface area contributed by atoms with E-state index in [9.17, 15) is 4.79 Å². The average molecular weight is 234 g/mol. The van der Waals surface area contributed by atoms with Gasteiger partial charge in [-0.3, -0.25) is 4.79 Å². The number of ether oxygens (including phenoxy) is 1. The number of hydrogen-bond acceptors (Lipinski definition) is 2. The highest BCUT2D eigenvalue weighted by atomic mass is 35.5. The van der Waals surface area contributed by atoms with E-state index in [-0.39, 0.29) is 11.9 Å². The van der Waals surface area contributed by atoms with Crippen LogP contribution in [-0.4, -0.2) is 30.0 Å². The standard InChI is InChI=1S/C11H20ClNO2/c1-9(5-3-7-12)13-10(14)11(2)6-4-8-15-11/h9H,3-8H2,1-2H3,(H,13,14). The van der Waals surface area contributed by atoms with Crippen LogP contribution in [0.3, 0.4) is 0 Å². The number of hydrogen-bond donors (Lipinski definition) is 1. The number of nitrogens with one attached hydrogen (secondary N) is 1. The fourth-order valence-corrected chi connectivity index (χ4v) is 1.94. The molecule has 1 amide bonds. The van der Waals surface area contributed by atoms with Crippen LogP contribution < -0.4 is 5.32 Å². The summed E-state index contributed by atoms with van der Waals surface area (Å²) in [5, 5.41) is 2.97. The molecule has 2 atom stereocenters. The number of rotatable bonds is 5. The molecule has 4 heteroatoms. The molecule has 0 spiro atoms. The molecular formula is C11H20ClNO2. The molecule has 1 rings (SSSR count). The zero-order valence-electron chi connectivity index (χ0n) is 9.51. The van der Waals surface area contributed by atoms with E-state index in [1.54, 1.807) is 0 Å². The first-order chi connectivity index (χ1) is 7.08. The van der Waals surface area contributed by atoms with Crippen LogP contribution >= 0.6 is 11.6 Å². The number of carbonyl (C=O) groups is 1. The van der Waals surface area contributed by atoms with Crippen molar-refractivity contribution in [3.8, 4) is 0 Å². The molecule has 1 aliphatic heterocycles. The average Bonchev–Trinajstić information content (AvgIpc) is 2.63. The van der Waals surface area contributed by atoms with Crippen LogP contribution in [0.25, 0.3) is 0 Å². The third-order valence-electron chi connectivity index (χ3n) is 2.85. The van der Waals surface area contributed by atoms with E-state index < -0.39 is 5.60 Å². The van der Waals surface area contributed by atoms with E-state index >= 15 is 0 Å². The van der Waals surface area contributed by atoms with Crippen LogP contribution in [0.1, 0.15) is 39.5 Å². The van der Waals surface area contributed by atoms with E-state index in [0.29, 0.717) is 12.5 Å². The zero-order chi connectivity index (χ0) is 11.3. The lowest BCUT2D eigenvalue weighted by atomic mass is 10.0. The number of halogens is 1.